The van der Waals surface area contributed by atoms with Crippen LogP contribution in [0.3, 0.4) is 0 Å². The molecule has 0 amide bonds. The maximum absolute atomic E-state index is 6.19. The van der Waals surface area contributed by atoms with Gasteiger partial charge in [-0.05, 0) is 24.1 Å². The van der Waals surface area contributed by atoms with Crippen molar-refractivity contribution in [1.82, 2.24) is 4.98 Å². The molecule has 3 nitrogen and oxygen atoms in total. The van der Waals surface area contributed by atoms with E-state index in [-0.39, 0.29) is 6.04 Å². The van der Waals surface area contributed by atoms with Crippen LogP contribution < -0.4 is 11.5 Å². The second kappa shape index (κ2) is 4.33. The fourth-order valence-corrected chi connectivity index (χ4v) is 1.76. The van der Waals surface area contributed by atoms with E-state index >= 15 is 0 Å². The quantitative estimate of drug-likeness (QED) is 0.802. The molecule has 0 spiro atoms. The number of nitrogens with two attached hydrogens (primary N) is 2. The lowest BCUT2D eigenvalue weighted by molar-refractivity contribution is 0.849. The monoisotopic (exact) mass is 213 g/mol. The van der Waals surface area contributed by atoms with Gasteiger partial charge in [-0.2, -0.15) is 0 Å². The summed E-state index contributed by atoms with van der Waals surface area (Å²) in [5.41, 5.74) is 14.8. The van der Waals surface area contributed by atoms with Gasteiger partial charge in [-0.25, -0.2) is 4.98 Å². The second-order valence-corrected chi connectivity index (χ2v) is 3.80. The molecule has 0 saturated carbocycles. The van der Waals surface area contributed by atoms with E-state index in [4.69, 9.17) is 11.5 Å². The van der Waals surface area contributed by atoms with Gasteiger partial charge in [0.15, 0.2) is 0 Å². The van der Waals surface area contributed by atoms with Crippen LogP contribution in [0.2, 0.25) is 0 Å². The third-order valence-electron chi connectivity index (χ3n) is 2.64. The molecule has 0 bridgehead atoms. The average Bonchev–Trinajstić information content (AvgIpc) is 2.29. The Morgan fingerprint density at radius 1 is 1.06 bits per heavy atom. The van der Waals surface area contributed by atoms with Gasteiger partial charge in [0.25, 0.3) is 0 Å². The number of hydrogen-bond donors (Lipinski definition) is 2. The standard InChI is InChI=1S/C13H15N3/c1-9-11(7-8-12(14)16-9)13(15)10-5-3-2-4-6-10/h2-8,13H,15H2,1H3,(H2,14,16)/t13-/m0/s1. The molecule has 16 heavy (non-hydrogen) atoms. The third-order valence-corrected chi connectivity index (χ3v) is 2.64. The Labute approximate surface area is 95.1 Å². The summed E-state index contributed by atoms with van der Waals surface area (Å²) in [6, 6.07) is 13.5. The second-order valence-electron chi connectivity index (χ2n) is 3.80. The van der Waals surface area contributed by atoms with E-state index in [0.29, 0.717) is 5.82 Å². The van der Waals surface area contributed by atoms with Crippen molar-refractivity contribution in [2.45, 2.75) is 13.0 Å². The minimum absolute atomic E-state index is 0.144. The molecule has 1 heterocycles. The summed E-state index contributed by atoms with van der Waals surface area (Å²) >= 11 is 0. The summed E-state index contributed by atoms with van der Waals surface area (Å²) in [6.07, 6.45) is 0. The molecule has 0 aliphatic carbocycles. The van der Waals surface area contributed by atoms with Crippen molar-refractivity contribution < 1.29 is 0 Å². The van der Waals surface area contributed by atoms with E-state index in [1.54, 1.807) is 6.07 Å². The van der Waals surface area contributed by atoms with Crippen molar-refractivity contribution in [3.63, 3.8) is 0 Å². The number of nitrogens with zero attached hydrogens (tertiary/aromatic N) is 1. The van der Waals surface area contributed by atoms with Crippen LogP contribution in [-0.4, -0.2) is 4.98 Å². The molecule has 1 atom stereocenters. The molecule has 0 fully saturated rings. The van der Waals surface area contributed by atoms with E-state index < -0.39 is 0 Å². The highest BCUT2D eigenvalue weighted by atomic mass is 14.8. The predicted molar refractivity (Wildman–Crippen MR) is 65.9 cm³/mol. The average molecular weight is 213 g/mol. The summed E-state index contributed by atoms with van der Waals surface area (Å²) in [5, 5.41) is 0. The van der Waals surface area contributed by atoms with Gasteiger partial charge < -0.3 is 11.5 Å². The van der Waals surface area contributed by atoms with Gasteiger partial charge in [0.05, 0.1) is 6.04 Å². The Morgan fingerprint density at radius 3 is 2.38 bits per heavy atom. The molecule has 3 heteroatoms. The molecule has 0 unspecified atom stereocenters. The molecular weight excluding hydrogens is 198 g/mol. The molecule has 2 rings (SSSR count). The molecular formula is C13H15N3. The van der Waals surface area contributed by atoms with Crippen LogP contribution in [0.4, 0.5) is 5.82 Å². The number of rotatable bonds is 2. The largest absolute Gasteiger partial charge is 0.384 e. The van der Waals surface area contributed by atoms with Crippen molar-refractivity contribution in [2.24, 2.45) is 5.73 Å². The molecule has 0 radical (unpaired) electrons. The van der Waals surface area contributed by atoms with Crippen molar-refractivity contribution in [2.75, 3.05) is 5.73 Å². The van der Waals surface area contributed by atoms with Crippen LogP contribution in [0.15, 0.2) is 42.5 Å². The van der Waals surface area contributed by atoms with Crippen molar-refractivity contribution in [3.8, 4) is 0 Å². The fraction of sp³-hybridized carbons (Fsp3) is 0.154. The Kier molecular flexibility index (Phi) is 2.88. The molecule has 1 aromatic carbocycles. The Hall–Kier alpha value is -1.87. The summed E-state index contributed by atoms with van der Waals surface area (Å²) in [4.78, 5) is 4.22. The van der Waals surface area contributed by atoms with Crippen LogP contribution >= 0.6 is 0 Å². The van der Waals surface area contributed by atoms with Gasteiger partial charge in [0, 0.05) is 5.69 Å². The molecule has 0 saturated heterocycles. The highest BCUT2D eigenvalue weighted by Crippen LogP contribution is 2.21. The number of nitrogen functional groups attached to an aromatic ring is 1. The van der Waals surface area contributed by atoms with E-state index in [1.165, 1.54) is 0 Å². The maximum Gasteiger partial charge on any atom is 0.123 e. The number of benzene rings is 1. The van der Waals surface area contributed by atoms with E-state index in [2.05, 4.69) is 4.98 Å². The first-order valence-electron chi connectivity index (χ1n) is 5.22. The van der Waals surface area contributed by atoms with Crippen LogP contribution in [0, 0.1) is 6.92 Å². The first-order chi connectivity index (χ1) is 7.68. The van der Waals surface area contributed by atoms with Gasteiger partial charge in [-0.3, -0.25) is 0 Å². The predicted octanol–water partition coefficient (Wildman–Crippen LogP) is 2.02. The molecule has 2 aromatic rings. The Morgan fingerprint density at radius 2 is 1.75 bits per heavy atom. The van der Waals surface area contributed by atoms with Crippen LogP contribution in [0.25, 0.3) is 0 Å². The number of hydrogen-bond acceptors (Lipinski definition) is 3. The molecule has 4 N–H and O–H groups in total. The lowest BCUT2D eigenvalue weighted by atomic mass is 9.99. The van der Waals surface area contributed by atoms with Crippen molar-refractivity contribution in [3.05, 3.63) is 59.3 Å². The van der Waals surface area contributed by atoms with Crippen LogP contribution in [0.5, 0.6) is 0 Å². The normalized spacial score (nSPS) is 12.4. The Balaban J connectivity index is 2.38. The third kappa shape index (κ3) is 2.04. The minimum Gasteiger partial charge on any atom is -0.384 e. The van der Waals surface area contributed by atoms with Gasteiger partial charge >= 0.3 is 0 Å². The first kappa shape index (κ1) is 10.6. The molecule has 0 aliphatic heterocycles. The zero-order chi connectivity index (χ0) is 11.5. The number of aromatic nitrogens is 1. The fourth-order valence-electron chi connectivity index (χ4n) is 1.76. The van der Waals surface area contributed by atoms with E-state index in [0.717, 1.165) is 16.8 Å². The maximum atomic E-state index is 6.19. The topological polar surface area (TPSA) is 64.9 Å². The van der Waals surface area contributed by atoms with Crippen molar-refractivity contribution in [1.29, 1.82) is 0 Å². The number of pyridine rings is 1. The lowest BCUT2D eigenvalue weighted by Crippen LogP contribution is -2.14. The first-order valence-corrected chi connectivity index (χ1v) is 5.22. The van der Waals surface area contributed by atoms with Gasteiger partial charge in [0.1, 0.15) is 5.82 Å². The summed E-state index contributed by atoms with van der Waals surface area (Å²) in [5.74, 6) is 0.529. The lowest BCUT2D eigenvalue weighted by Gasteiger charge is -2.14. The van der Waals surface area contributed by atoms with Crippen molar-refractivity contribution >= 4 is 5.82 Å². The smallest absolute Gasteiger partial charge is 0.123 e. The summed E-state index contributed by atoms with van der Waals surface area (Å²) in [7, 11) is 0. The summed E-state index contributed by atoms with van der Waals surface area (Å²) < 4.78 is 0. The zero-order valence-electron chi connectivity index (χ0n) is 9.22. The molecule has 0 aliphatic rings. The summed E-state index contributed by atoms with van der Waals surface area (Å²) in [6.45, 7) is 1.93. The van der Waals surface area contributed by atoms with Gasteiger partial charge in [-0.1, -0.05) is 36.4 Å². The van der Waals surface area contributed by atoms with E-state index in [1.807, 2.05) is 43.3 Å². The number of aryl methyl sites for hydroxylation is 1. The highest BCUT2D eigenvalue weighted by molar-refractivity contribution is 5.39. The minimum atomic E-state index is -0.144. The zero-order valence-corrected chi connectivity index (χ0v) is 9.22. The van der Waals surface area contributed by atoms with Crippen LogP contribution in [0.1, 0.15) is 22.9 Å². The Bertz CT molecular complexity index is 480. The SMILES string of the molecule is Cc1nc(N)ccc1[C@@H](N)c1ccccc1. The molecule has 1 aromatic heterocycles. The highest BCUT2D eigenvalue weighted by Gasteiger charge is 2.11. The van der Waals surface area contributed by atoms with Crippen LogP contribution in [-0.2, 0) is 0 Å². The van der Waals surface area contributed by atoms with Gasteiger partial charge in [-0.15, -0.1) is 0 Å². The van der Waals surface area contributed by atoms with Gasteiger partial charge in [0.2, 0.25) is 0 Å². The molecule has 82 valence electrons. The van der Waals surface area contributed by atoms with E-state index in [9.17, 15) is 0 Å². The number of anilines is 1.